The van der Waals surface area contributed by atoms with Crippen LogP contribution in [0.1, 0.15) is 31.1 Å². The topological polar surface area (TPSA) is 33.4 Å². The van der Waals surface area contributed by atoms with E-state index in [1.165, 1.54) is 12.1 Å². The number of fused-ring (bicyclic) bond motifs is 1. The molecular weight excluding hydrogens is 267 g/mol. The zero-order valence-corrected chi connectivity index (χ0v) is 11.8. The van der Waals surface area contributed by atoms with Crippen LogP contribution in [-0.4, -0.2) is 5.11 Å². The van der Waals surface area contributed by atoms with Crippen LogP contribution in [0.5, 0.6) is 0 Å². The molecule has 0 bridgehead atoms. The first-order valence-electron chi connectivity index (χ1n) is 7.11. The lowest BCUT2D eigenvalue weighted by molar-refractivity contribution is 0.0486. The highest BCUT2D eigenvalue weighted by atomic mass is 19.1. The van der Waals surface area contributed by atoms with Crippen molar-refractivity contribution < 1.29 is 13.9 Å². The summed E-state index contributed by atoms with van der Waals surface area (Å²) in [5.74, 6) is 0.143. The van der Waals surface area contributed by atoms with Gasteiger partial charge in [0.15, 0.2) is 0 Å². The minimum Gasteiger partial charge on any atom is -0.458 e. The molecule has 0 amide bonds. The fourth-order valence-electron chi connectivity index (χ4n) is 2.70. The Morgan fingerprint density at radius 2 is 1.86 bits per heavy atom. The molecule has 2 nitrogen and oxygen atoms in total. The molecule has 0 spiro atoms. The van der Waals surface area contributed by atoms with Crippen LogP contribution >= 0.6 is 0 Å². The van der Waals surface area contributed by atoms with E-state index in [1.807, 2.05) is 37.3 Å². The van der Waals surface area contributed by atoms with Crippen molar-refractivity contribution in [1.29, 1.82) is 0 Å². The number of halogens is 1. The molecule has 21 heavy (non-hydrogen) atoms. The molecule has 0 aliphatic carbocycles. The maximum atomic E-state index is 13.3. The Kier molecular flexibility index (Phi) is 3.52. The summed E-state index contributed by atoms with van der Waals surface area (Å²) in [4.78, 5) is 0. The van der Waals surface area contributed by atoms with Crippen LogP contribution in [0.4, 0.5) is 4.39 Å². The Labute approximate surface area is 122 Å². The fourth-order valence-corrected chi connectivity index (χ4v) is 2.70. The predicted octanol–water partition coefficient (Wildman–Crippen LogP) is 4.61. The molecule has 0 saturated heterocycles. The van der Waals surface area contributed by atoms with E-state index in [1.54, 1.807) is 12.1 Å². The molecule has 1 heterocycles. The van der Waals surface area contributed by atoms with Gasteiger partial charge < -0.3 is 9.52 Å². The van der Waals surface area contributed by atoms with Gasteiger partial charge in [0, 0.05) is 5.39 Å². The maximum absolute atomic E-state index is 13.3. The third-order valence-corrected chi connectivity index (χ3v) is 3.75. The van der Waals surface area contributed by atoms with Gasteiger partial charge in [0.2, 0.25) is 0 Å². The average Bonchev–Trinajstić information content (AvgIpc) is 2.92. The molecule has 0 saturated carbocycles. The summed E-state index contributed by atoms with van der Waals surface area (Å²) in [7, 11) is 0. The highest BCUT2D eigenvalue weighted by molar-refractivity contribution is 5.78. The molecule has 3 rings (SSSR count). The van der Waals surface area contributed by atoms with Crippen LogP contribution in [-0.2, 0) is 5.60 Å². The van der Waals surface area contributed by atoms with Crippen molar-refractivity contribution >= 4 is 11.0 Å². The summed E-state index contributed by atoms with van der Waals surface area (Å²) in [6, 6.07) is 15.5. The van der Waals surface area contributed by atoms with Gasteiger partial charge in [0.05, 0.1) is 0 Å². The molecule has 0 aliphatic rings. The Balaban J connectivity index is 2.15. The van der Waals surface area contributed by atoms with E-state index in [2.05, 4.69) is 0 Å². The van der Waals surface area contributed by atoms with Crippen LogP contribution in [0.2, 0.25) is 0 Å². The van der Waals surface area contributed by atoms with Crippen molar-refractivity contribution in [2.24, 2.45) is 0 Å². The van der Waals surface area contributed by atoms with E-state index < -0.39 is 5.60 Å². The van der Waals surface area contributed by atoms with E-state index in [0.29, 0.717) is 23.2 Å². The van der Waals surface area contributed by atoms with Crippen LogP contribution in [0.15, 0.2) is 59.0 Å². The van der Waals surface area contributed by atoms with Crippen molar-refractivity contribution in [2.45, 2.75) is 25.4 Å². The number of hydrogen-bond donors (Lipinski definition) is 1. The van der Waals surface area contributed by atoms with Crippen molar-refractivity contribution in [1.82, 2.24) is 0 Å². The second-order valence-corrected chi connectivity index (χ2v) is 5.27. The van der Waals surface area contributed by atoms with E-state index in [0.717, 1.165) is 12.0 Å². The van der Waals surface area contributed by atoms with Crippen LogP contribution in [0.3, 0.4) is 0 Å². The van der Waals surface area contributed by atoms with Gasteiger partial charge in [-0.1, -0.05) is 43.7 Å². The molecule has 0 aliphatic heterocycles. The zero-order valence-electron chi connectivity index (χ0n) is 11.8. The van der Waals surface area contributed by atoms with Gasteiger partial charge in [-0.3, -0.25) is 0 Å². The van der Waals surface area contributed by atoms with Gasteiger partial charge in [0.1, 0.15) is 22.8 Å². The van der Waals surface area contributed by atoms with Crippen molar-refractivity contribution in [3.05, 3.63) is 71.7 Å². The van der Waals surface area contributed by atoms with Crippen molar-refractivity contribution in [3.63, 3.8) is 0 Å². The predicted molar refractivity (Wildman–Crippen MR) is 80.5 cm³/mol. The van der Waals surface area contributed by atoms with Crippen LogP contribution in [0.25, 0.3) is 11.0 Å². The first-order chi connectivity index (χ1) is 10.1. The summed E-state index contributed by atoms with van der Waals surface area (Å²) in [5.41, 5.74) is 0.175. The Bertz CT molecular complexity index is 748. The van der Waals surface area contributed by atoms with E-state index in [4.69, 9.17) is 4.42 Å². The first-order valence-corrected chi connectivity index (χ1v) is 7.11. The lowest BCUT2D eigenvalue weighted by Gasteiger charge is -2.26. The lowest BCUT2D eigenvalue weighted by Crippen LogP contribution is -2.26. The molecule has 108 valence electrons. The minimum absolute atomic E-state index is 0.311. The Hall–Kier alpha value is -2.13. The van der Waals surface area contributed by atoms with Crippen LogP contribution < -0.4 is 0 Å². The first kappa shape index (κ1) is 13.8. The fraction of sp³-hybridized carbons (Fsp3) is 0.222. The summed E-state index contributed by atoms with van der Waals surface area (Å²) in [6.45, 7) is 2.01. The Morgan fingerprint density at radius 1 is 1.10 bits per heavy atom. The van der Waals surface area contributed by atoms with E-state index in [9.17, 15) is 9.50 Å². The smallest absolute Gasteiger partial charge is 0.147 e. The number of benzene rings is 2. The molecular formula is C18H17FO2. The molecule has 3 heteroatoms. The van der Waals surface area contributed by atoms with Gasteiger partial charge in [-0.15, -0.1) is 0 Å². The van der Waals surface area contributed by atoms with Crippen molar-refractivity contribution in [3.8, 4) is 0 Å². The van der Waals surface area contributed by atoms with Crippen LogP contribution in [0, 0.1) is 5.82 Å². The standard InChI is InChI=1S/C18H17FO2/c1-2-10-18(20,14-6-4-3-5-7-14)17-12-13-11-15(19)8-9-16(13)21-17/h3-9,11-12,20H,2,10H2,1H3. The molecule has 2 aromatic carbocycles. The molecule has 1 N–H and O–H groups in total. The van der Waals surface area contributed by atoms with Crippen molar-refractivity contribution in [2.75, 3.05) is 0 Å². The van der Waals surface area contributed by atoms with Gasteiger partial charge in [-0.2, -0.15) is 0 Å². The number of aliphatic hydroxyl groups is 1. The van der Waals surface area contributed by atoms with Gasteiger partial charge in [-0.25, -0.2) is 4.39 Å². The lowest BCUT2D eigenvalue weighted by atomic mass is 9.87. The largest absolute Gasteiger partial charge is 0.458 e. The van der Waals surface area contributed by atoms with Gasteiger partial charge in [0.25, 0.3) is 0 Å². The SMILES string of the molecule is CCCC(O)(c1ccccc1)c1cc2cc(F)ccc2o1. The van der Waals surface area contributed by atoms with Gasteiger partial charge >= 0.3 is 0 Å². The normalized spacial score (nSPS) is 14.2. The number of rotatable bonds is 4. The molecule has 3 aromatic rings. The minimum atomic E-state index is -1.19. The quantitative estimate of drug-likeness (QED) is 0.759. The van der Waals surface area contributed by atoms with E-state index >= 15 is 0 Å². The third-order valence-electron chi connectivity index (χ3n) is 3.75. The maximum Gasteiger partial charge on any atom is 0.147 e. The molecule has 0 fully saturated rings. The second kappa shape index (κ2) is 5.34. The Morgan fingerprint density at radius 3 is 2.57 bits per heavy atom. The highest BCUT2D eigenvalue weighted by Gasteiger charge is 2.34. The summed E-state index contributed by atoms with van der Waals surface area (Å²) >= 11 is 0. The highest BCUT2D eigenvalue weighted by Crippen LogP contribution is 2.37. The van der Waals surface area contributed by atoms with Gasteiger partial charge in [-0.05, 0) is 36.2 Å². The molecule has 1 unspecified atom stereocenters. The molecule has 1 aromatic heterocycles. The molecule has 0 radical (unpaired) electrons. The summed E-state index contributed by atoms with van der Waals surface area (Å²) < 4.78 is 19.1. The summed E-state index contributed by atoms with van der Waals surface area (Å²) in [5, 5.41) is 11.8. The molecule has 1 atom stereocenters. The van der Waals surface area contributed by atoms with E-state index in [-0.39, 0.29) is 5.82 Å². The average molecular weight is 284 g/mol. The summed E-state index contributed by atoms with van der Waals surface area (Å²) in [6.07, 6.45) is 1.34. The monoisotopic (exact) mass is 284 g/mol. The second-order valence-electron chi connectivity index (χ2n) is 5.27. The number of hydrogen-bond acceptors (Lipinski definition) is 2. The zero-order chi connectivity index (χ0) is 14.9. The number of furan rings is 1. The third kappa shape index (κ3) is 2.45.